The van der Waals surface area contributed by atoms with E-state index in [1.807, 2.05) is 44.2 Å². The molecule has 0 atom stereocenters. The summed E-state index contributed by atoms with van der Waals surface area (Å²) in [7, 11) is 3.10. The molecule has 0 N–H and O–H groups in total. The Morgan fingerprint density at radius 3 is 2.17 bits per heavy atom. The zero-order valence-electron chi connectivity index (χ0n) is 13.7. The molecule has 0 aliphatic rings. The molecule has 23 heavy (non-hydrogen) atoms. The van der Waals surface area contributed by atoms with Crippen LogP contribution >= 0.6 is 0 Å². The van der Waals surface area contributed by atoms with Gasteiger partial charge in [0, 0.05) is 5.39 Å². The van der Waals surface area contributed by atoms with Gasteiger partial charge in [0.2, 0.25) is 0 Å². The van der Waals surface area contributed by atoms with Gasteiger partial charge in [-0.05, 0) is 24.3 Å². The van der Waals surface area contributed by atoms with Crippen molar-refractivity contribution < 1.29 is 9.47 Å². The highest BCUT2D eigenvalue weighted by molar-refractivity contribution is 5.84. The fraction of sp³-hybridized carbons (Fsp3) is 0.222. The average molecular weight is 312 g/mol. The fourth-order valence-electron chi connectivity index (χ4n) is 2.23. The standard InChI is InChI=1S/C16H14N2O3.C2H6/c1-20-14-8-11-10-17-18(12-6-4-3-5-7-12)16(19)13(11)9-15(14)21-2;1-2/h3-10H,1-2H3;1-2H3. The number of rotatable bonds is 3. The van der Waals surface area contributed by atoms with Crippen LogP contribution in [0.4, 0.5) is 0 Å². The topological polar surface area (TPSA) is 53.4 Å². The lowest BCUT2D eigenvalue weighted by Crippen LogP contribution is -2.20. The Bertz CT molecular complexity index is 842. The molecule has 1 heterocycles. The van der Waals surface area contributed by atoms with E-state index in [2.05, 4.69) is 5.10 Å². The normalized spacial score (nSPS) is 9.91. The van der Waals surface area contributed by atoms with E-state index >= 15 is 0 Å². The number of methoxy groups -OCH3 is 2. The van der Waals surface area contributed by atoms with Crippen LogP contribution in [0, 0.1) is 0 Å². The Morgan fingerprint density at radius 1 is 0.957 bits per heavy atom. The smallest absolute Gasteiger partial charge is 0.279 e. The van der Waals surface area contributed by atoms with Crippen LogP contribution in [0.25, 0.3) is 16.5 Å². The van der Waals surface area contributed by atoms with Crippen LogP contribution in [0.3, 0.4) is 0 Å². The number of nitrogens with zero attached hydrogens (tertiary/aromatic N) is 2. The number of benzene rings is 2. The van der Waals surface area contributed by atoms with Crippen molar-refractivity contribution in [3.63, 3.8) is 0 Å². The molecule has 0 amide bonds. The van der Waals surface area contributed by atoms with Crippen LogP contribution in [-0.2, 0) is 0 Å². The van der Waals surface area contributed by atoms with Crippen LogP contribution in [0.15, 0.2) is 53.5 Å². The first-order valence-electron chi connectivity index (χ1n) is 7.44. The third-order valence-electron chi connectivity index (χ3n) is 3.29. The van der Waals surface area contributed by atoms with E-state index in [1.165, 1.54) is 4.68 Å². The number of aromatic nitrogens is 2. The Balaban J connectivity index is 0.000000924. The van der Waals surface area contributed by atoms with Gasteiger partial charge in [0.15, 0.2) is 11.5 Å². The molecule has 0 saturated carbocycles. The van der Waals surface area contributed by atoms with Crippen LogP contribution in [-0.4, -0.2) is 24.0 Å². The number of ether oxygens (including phenoxy) is 2. The van der Waals surface area contributed by atoms with Crippen molar-refractivity contribution in [3.05, 3.63) is 59.0 Å². The SMILES string of the molecule is CC.COc1cc2cnn(-c3ccccc3)c(=O)c2cc1OC. The van der Waals surface area contributed by atoms with Gasteiger partial charge in [0.05, 0.1) is 31.5 Å². The number of hydrogen-bond donors (Lipinski definition) is 0. The average Bonchev–Trinajstić information content (AvgIpc) is 2.63. The minimum absolute atomic E-state index is 0.195. The van der Waals surface area contributed by atoms with E-state index in [0.29, 0.717) is 22.3 Å². The zero-order valence-corrected chi connectivity index (χ0v) is 13.7. The Labute approximate surface area is 135 Å². The molecule has 0 saturated heterocycles. The van der Waals surface area contributed by atoms with Crippen LogP contribution in [0.2, 0.25) is 0 Å². The lowest BCUT2D eigenvalue weighted by molar-refractivity contribution is 0.356. The second-order valence-corrected chi connectivity index (χ2v) is 4.49. The number of fused-ring (bicyclic) bond motifs is 1. The van der Waals surface area contributed by atoms with Crippen molar-refractivity contribution in [2.75, 3.05) is 14.2 Å². The first-order chi connectivity index (χ1) is 11.2. The third kappa shape index (κ3) is 3.18. The predicted molar refractivity (Wildman–Crippen MR) is 91.8 cm³/mol. The van der Waals surface area contributed by atoms with Gasteiger partial charge in [-0.25, -0.2) is 0 Å². The maximum atomic E-state index is 12.6. The van der Waals surface area contributed by atoms with Gasteiger partial charge in [0.1, 0.15) is 0 Å². The molecule has 0 aliphatic heterocycles. The number of para-hydroxylation sites is 1. The first-order valence-corrected chi connectivity index (χ1v) is 7.44. The minimum Gasteiger partial charge on any atom is -0.493 e. The highest BCUT2D eigenvalue weighted by Crippen LogP contribution is 2.30. The maximum Gasteiger partial charge on any atom is 0.279 e. The molecule has 120 valence electrons. The molecule has 3 aromatic rings. The van der Waals surface area contributed by atoms with Crippen LogP contribution in [0.5, 0.6) is 11.5 Å². The monoisotopic (exact) mass is 312 g/mol. The molecule has 0 spiro atoms. The highest BCUT2D eigenvalue weighted by Gasteiger charge is 2.11. The maximum absolute atomic E-state index is 12.6. The third-order valence-corrected chi connectivity index (χ3v) is 3.29. The molecule has 1 aromatic heterocycles. The second kappa shape index (κ2) is 7.45. The zero-order chi connectivity index (χ0) is 16.8. The van der Waals surface area contributed by atoms with Crippen molar-refractivity contribution in [1.29, 1.82) is 0 Å². The van der Waals surface area contributed by atoms with E-state index in [-0.39, 0.29) is 5.56 Å². The van der Waals surface area contributed by atoms with Gasteiger partial charge in [-0.2, -0.15) is 9.78 Å². The predicted octanol–water partition coefficient (Wildman–Crippen LogP) is 3.43. The van der Waals surface area contributed by atoms with Gasteiger partial charge in [0.25, 0.3) is 5.56 Å². The summed E-state index contributed by atoms with van der Waals surface area (Å²) < 4.78 is 11.9. The van der Waals surface area contributed by atoms with Crippen molar-refractivity contribution in [1.82, 2.24) is 9.78 Å². The lowest BCUT2D eigenvalue weighted by atomic mass is 10.1. The van der Waals surface area contributed by atoms with E-state index in [0.717, 1.165) is 5.69 Å². The first kappa shape index (κ1) is 16.5. The summed E-state index contributed by atoms with van der Waals surface area (Å²) in [6.45, 7) is 4.00. The van der Waals surface area contributed by atoms with Gasteiger partial charge in [-0.15, -0.1) is 0 Å². The molecule has 3 rings (SSSR count). The Kier molecular flexibility index (Phi) is 5.36. The summed E-state index contributed by atoms with van der Waals surface area (Å²) in [5.41, 5.74) is 0.527. The van der Waals surface area contributed by atoms with Crippen LogP contribution in [0.1, 0.15) is 13.8 Å². The largest absolute Gasteiger partial charge is 0.493 e. The summed E-state index contributed by atoms with van der Waals surface area (Å²) in [6, 6.07) is 12.7. The van der Waals surface area contributed by atoms with Crippen molar-refractivity contribution in [2.45, 2.75) is 13.8 Å². The molecule has 2 aromatic carbocycles. The molecule has 0 radical (unpaired) electrons. The van der Waals surface area contributed by atoms with E-state index in [1.54, 1.807) is 32.5 Å². The quantitative estimate of drug-likeness (QED) is 0.743. The Morgan fingerprint density at radius 2 is 1.57 bits per heavy atom. The Hall–Kier alpha value is -2.82. The minimum atomic E-state index is -0.195. The summed E-state index contributed by atoms with van der Waals surface area (Å²) in [5.74, 6) is 1.09. The highest BCUT2D eigenvalue weighted by atomic mass is 16.5. The van der Waals surface area contributed by atoms with Gasteiger partial charge in [-0.3, -0.25) is 4.79 Å². The van der Waals surface area contributed by atoms with Crippen LogP contribution < -0.4 is 15.0 Å². The molecular weight excluding hydrogens is 292 g/mol. The molecule has 5 heteroatoms. The molecule has 0 unspecified atom stereocenters. The summed E-state index contributed by atoms with van der Waals surface area (Å²) >= 11 is 0. The summed E-state index contributed by atoms with van der Waals surface area (Å²) in [5, 5.41) is 5.46. The fourth-order valence-corrected chi connectivity index (χ4v) is 2.23. The lowest BCUT2D eigenvalue weighted by Gasteiger charge is -2.10. The van der Waals surface area contributed by atoms with Crippen molar-refractivity contribution in [3.8, 4) is 17.2 Å². The van der Waals surface area contributed by atoms with E-state index in [4.69, 9.17) is 9.47 Å². The molecular formula is C18H20N2O3. The molecule has 0 bridgehead atoms. The molecule has 0 aliphatic carbocycles. The summed E-state index contributed by atoms with van der Waals surface area (Å²) in [6.07, 6.45) is 1.64. The number of hydrogen-bond acceptors (Lipinski definition) is 4. The van der Waals surface area contributed by atoms with Crippen molar-refractivity contribution in [2.24, 2.45) is 0 Å². The molecule has 5 nitrogen and oxygen atoms in total. The van der Waals surface area contributed by atoms with Gasteiger partial charge in [-0.1, -0.05) is 32.0 Å². The summed E-state index contributed by atoms with van der Waals surface area (Å²) in [4.78, 5) is 12.6. The van der Waals surface area contributed by atoms with Gasteiger partial charge < -0.3 is 9.47 Å². The van der Waals surface area contributed by atoms with Crippen molar-refractivity contribution >= 4 is 10.8 Å². The second-order valence-electron chi connectivity index (χ2n) is 4.49. The van der Waals surface area contributed by atoms with E-state index < -0.39 is 0 Å². The molecule has 0 fully saturated rings. The van der Waals surface area contributed by atoms with E-state index in [9.17, 15) is 4.79 Å². The van der Waals surface area contributed by atoms with Gasteiger partial charge >= 0.3 is 0 Å².